The molecule has 1 aromatic heterocycles. The fraction of sp³-hybridized carbons (Fsp3) is 0.273. The third kappa shape index (κ3) is 5.56. The molecular weight excluding hydrogens is 424 g/mol. The van der Waals surface area contributed by atoms with Gasteiger partial charge >= 0.3 is 5.56 Å². The molecule has 2 aromatic carbocycles. The molecule has 1 heterocycles. The van der Waals surface area contributed by atoms with Crippen LogP contribution in [0.5, 0.6) is 5.75 Å². The second-order valence-electron chi connectivity index (χ2n) is 6.78. The minimum absolute atomic E-state index is 0.0603. The summed E-state index contributed by atoms with van der Waals surface area (Å²) in [5.74, 6) is 0.149. The van der Waals surface area contributed by atoms with Crippen LogP contribution >= 0.6 is 11.6 Å². The lowest BCUT2D eigenvalue weighted by Gasteiger charge is -2.14. The van der Waals surface area contributed by atoms with E-state index < -0.39 is 11.1 Å². The van der Waals surface area contributed by atoms with Gasteiger partial charge in [0.1, 0.15) is 0 Å². The van der Waals surface area contributed by atoms with Crippen LogP contribution in [0.15, 0.2) is 59.5 Å². The van der Waals surface area contributed by atoms with Gasteiger partial charge in [0.25, 0.3) is 0 Å². The molecule has 0 aliphatic heterocycles. The number of unbranched alkanes of at least 4 members (excludes halogenated alkanes) is 2. The normalized spacial score (nSPS) is 12.0. The molecule has 3 aromatic rings. The molecule has 0 saturated carbocycles. The molecule has 0 spiro atoms. The maximum absolute atomic E-state index is 13.2. The first kappa shape index (κ1) is 22.2. The number of hydrogen-bond acceptors (Lipinski definition) is 5. The van der Waals surface area contributed by atoms with E-state index >= 15 is 0 Å². The SMILES string of the molecule is CCCCCOc1c(-c2ccc(CS(=O)[O-])cc2)cnn(-c2cccc(Cl)c2)c1=O. The fourth-order valence-corrected chi connectivity index (χ4v) is 3.67. The zero-order chi connectivity index (χ0) is 21.5. The highest BCUT2D eigenvalue weighted by Gasteiger charge is 2.16. The average Bonchev–Trinajstić information content (AvgIpc) is 2.72. The molecule has 0 bridgehead atoms. The van der Waals surface area contributed by atoms with Crippen molar-refractivity contribution < 1.29 is 13.5 Å². The second kappa shape index (κ2) is 10.5. The van der Waals surface area contributed by atoms with E-state index in [9.17, 15) is 13.6 Å². The van der Waals surface area contributed by atoms with Crippen molar-refractivity contribution in [1.29, 1.82) is 0 Å². The monoisotopic (exact) mass is 445 g/mol. The van der Waals surface area contributed by atoms with Crippen LogP contribution in [0.25, 0.3) is 16.8 Å². The number of aromatic nitrogens is 2. The molecule has 0 saturated heterocycles. The van der Waals surface area contributed by atoms with Gasteiger partial charge in [0, 0.05) is 16.3 Å². The zero-order valence-electron chi connectivity index (χ0n) is 16.5. The molecule has 0 fully saturated rings. The largest absolute Gasteiger partial charge is 0.772 e. The molecule has 0 aliphatic carbocycles. The van der Waals surface area contributed by atoms with E-state index in [0.717, 1.165) is 24.8 Å². The summed E-state index contributed by atoms with van der Waals surface area (Å²) in [4.78, 5) is 13.2. The zero-order valence-corrected chi connectivity index (χ0v) is 18.1. The van der Waals surface area contributed by atoms with Crippen LogP contribution in [-0.2, 0) is 16.8 Å². The van der Waals surface area contributed by atoms with Crippen molar-refractivity contribution in [3.05, 3.63) is 75.7 Å². The Balaban J connectivity index is 2.02. The topological polar surface area (TPSA) is 84.2 Å². The minimum Gasteiger partial charge on any atom is -0.772 e. The number of halogens is 1. The van der Waals surface area contributed by atoms with E-state index in [4.69, 9.17) is 16.3 Å². The van der Waals surface area contributed by atoms with E-state index in [1.807, 2.05) is 0 Å². The van der Waals surface area contributed by atoms with Gasteiger partial charge in [0.15, 0.2) is 5.75 Å². The van der Waals surface area contributed by atoms with E-state index in [2.05, 4.69) is 12.0 Å². The highest BCUT2D eigenvalue weighted by Crippen LogP contribution is 2.27. The minimum atomic E-state index is -2.16. The summed E-state index contributed by atoms with van der Waals surface area (Å²) in [6, 6.07) is 13.8. The molecule has 0 N–H and O–H groups in total. The Morgan fingerprint density at radius 1 is 1.17 bits per heavy atom. The Morgan fingerprint density at radius 2 is 1.93 bits per heavy atom. The second-order valence-corrected chi connectivity index (χ2v) is 8.12. The van der Waals surface area contributed by atoms with Gasteiger partial charge in [-0.15, -0.1) is 0 Å². The molecule has 0 radical (unpaired) electrons. The van der Waals surface area contributed by atoms with Gasteiger partial charge in [-0.2, -0.15) is 9.78 Å². The number of ether oxygens (including phenoxy) is 1. The summed E-state index contributed by atoms with van der Waals surface area (Å²) in [5.41, 5.74) is 2.12. The van der Waals surface area contributed by atoms with Gasteiger partial charge < -0.3 is 9.29 Å². The quantitative estimate of drug-likeness (QED) is 0.357. The molecule has 6 nitrogen and oxygen atoms in total. The van der Waals surface area contributed by atoms with Crippen molar-refractivity contribution >= 4 is 22.7 Å². The van der Waals surface area contributed by atoms with Crippen LogP contribution in [0.2, 0.25) is 5.02 Å². The van der Waals surface area contributed by atoms with Crippen LogP contribution in [0.4, 0.5) is 0 Å². The van der Waals surface area contributed by atoms with Crippen molar-refractivity contribution in [3.63, 3.8) is 0 Å². The first-order valence-electron chi connectivity index (χ1n) is 9.66. The summed E-state index contributed by atoms with van der Waals surface area (Å²) in [7, 11) is 0. The lowest BCUT2D eigenvalue weighted by Crippen LogP contribution is -2.24. The average molecular weight is 446 g/mol. The molecule has 1 atom stereocenters. The first-order chi connectivity index (χ1) is 14.5. The molecule has 0 amide bonds. The molecule has 3 rings (SSSR count). The standard InChI is InChI=1S/C22H23ClN2O4S/c1-2-3-4-12-29-21-20(17-10-8-16(9-11-17)15-30(27)28)14-24-25(22(21)26)19-7-5-6-18(23)13-19/h5-11,13-14H,2-4,12,15H2,1H3,(H,27,28)/p-1. The van der Waals surface area contributed by atoms with E-state index in [-0.39, 0.29) is 17.1 Å². The summed E-state index contributed by atoms with van der Waals surface area (Å²) in [6.45, 7) is 2.52. The van der Waals surface area contributed by atoms with E-state index in [1.54, 1.807) is 54.7 Å². The summed E-state index contributed by atoms with van der Waals surface area (Å²) in [6.07, 6.45) is 4.47. The predicted molar refractivity (Wildman–Crippen MR) is 118 cm³/mol. The highest BCUT2D eigenvalue weighted by molar-refractivity contribution is 7.78. The molecular formula is C22H22ClN2O4S-. The Hall–Kier alpha value is -2.48. The lowest BCUT2D eigenvalue weighted by atomic mass is 10.1. The Bertz CT molecular complexity index is 1080. The number of nitrogens with zero attached hydrogens (tertiary/aromatic N) is 2. The van der Waals surface area contributed by atoms with Gasteiger partial charge in [0.2, 0.25) is 0 Å². The summed E-state index contributed by atoms with van der Waals surface area (Å²) in [5, 5.41) is 4.81. The van der Waals surface area contributed by atoms with Crippen LogP contribution in [-0.4, -0.2) is 25.1 Å². The smallest absolute Gasteiger partial charge is 0.314 e. The molecule has 8 heteroatoms. The Morgan fingerprint density at radius 3 is 2.60 bits per heavy atom. The molecule has 1 unspecified atom stereocenters. The van der Waals surface area contributed by atoms with E-state index in [1.165, 1.54) is 4.68 Å². The van der Waals surface area contributed by atoms with Crippen molar-refractivity contribution in [2.75, 3.05) is 6.61 Å². The molecule has 30 heavy (non-hydrogen) atoms. The summed E-state index contributed by atoms with van der Waals surface area (Å²) < 4.78 is 29.0. The van der Waals surface area contributed by atoms with Crippen molar-refractivity contribution in [3.8, 4) is 22.6 Å². The third-order valence-corrected chi connectivity index (χ3v) is 5.33. The summed E-state index contributed by atoms with van der Waals surface area (Å²) >= 11 is 3.91. The number of benzene rings is 2. The maximum Gasteiger partial charge on any atom is 0.314 e. The van der Waals surface area contributed by atoms with Gasteiger partial charge in [-0.05, 0) is 35.7 Å². The third-order valence-electron chi connectivity index (χ3n) is 4.53. The highest BCUT2D eigenvalue weighted by atomic mass is 35.5. The molecule has 158 valence electrons. The van der Waals surface area contributed by atoms with Gasteiger partial charge in [0.05, 0.1) is 18.5 Å². The molecule has 0 aliphatic rings. The number of rotatable bonds is 9. The Labute approximate surface area is 182 Å². The predicted octanol–water partition coefficient (Wildman–Crippen LogP) is 4.50. The van der Waals surface area contributed by atoms with E-state index in [0.29, 0.717) is 28.4 Å². The van der Waals surface area contributed by atoms with Crippen molar-refractivity contribution in [1.82, 2.24) is 9.78 Å². The van der Waals surface area contributed by atoms with Crippen molar-refractivity contribution in [2.24, 2.45) is 0 Å². The first-order valence-corrected chi connectivity index (χ1v) is 11.3. The fourth-order valence-electron chi connectivity index (χ4n) is 3.02. The van der Waals surface area contributed by atoms with Crippen molar-refractivity contribution in [2.45, 2.75) is 31.9 Å². The number of hydrogen-bond donors (Lipinski definition) is 0. The van der Waals surface area contributed by atoms with Gasteiger partial charge in [-0.25, -0.2) is 0 Å². The van der Waals surface area contributed by atoms with Gasteiger partial charge in [-0.1, -0.05) is 72.8 Å². The van der Waals surface area contributed by atoms with Crippen LogP contribution in [0.1, 0.15) is 31.7 Å². The lowest BCUT2D eigenvalue weighted by molar-refractivity contribution is 0.301. The Kier molecular flexibility index (Phi) is 7.79. The van der Waals surface area contributed by atoms with Crippen LogP contribution in [0.3, 0.4) is 0 Å². The van der Waals surface area contributed by atoms with Crippen LogP contribution < -0.4 is 10.3 Å². The van der Waals surface area contributed by atoms with Crippen LogP contribution in [0, 0.1) is 0 Å². The van der Waals surface area contributed by atoms with Gasteiger partial charge in [-0.3, -0.25) is 9.00 Å². The maximum atomic E-state index is 13.2.